The van der Waals surface area contributed by atoms with Crippen LogP contribution < -0.4 is 0 Å². The standard InChI is InChI=1S/C20H34O2/c1-18(2)9-5-10-20(4)15-8-11-19(3,17(22)13-21)12-14(15)6-7-16(18)20/h12,15-17,21-22H,5-11,13H2,1-4H3/t15-,16+,17?,19+,20-/m0/s1. The fourth-order valence-electron chi connectivity index (χ4n) is 6.32. The fourth-order valence-corrected chi connectivity index (χ4v) is 6.32. The van der Waals surface area contributed by atoms with Gasteiger partial charge in [-0.2, -0.15) is 0 Å². The highest BCUT2D eigenvalue weighted by Crippen LogP contribution is 2.63. The van der Waals surface area contributed by atoms with E-state index >= 15 is 0 Å². The first-order valence-electron chi connectivity index (χ1n) is 9.23. The van der Waals surface area contributed by atoms with E-state index in [4.69, 9.17) is 0 Å². The summed E-state index contributed by atoms with van der Waals surface area (Å²) in [5.74, 6) is 1.54. The second kappa shape index (κ2) is 5.34. The number of aliphatic hydroxyl groups is 2. The van der Waals surface area contributed by atoms with Crippen molar-refractivity contribution in [2.45, 2.75) is 78.7 Å². The van der Waals surface area contributed by atoms with E-state index in [-0.39, 0.29) is 12.0 Å². The van der Waals surface area contributed by atoms with Gasteiger partial charge in [-0.25, -0.2) is 0 Å². The molecular weight excluding hydrogens is 272 g/mol. The molecular formula is C20H34O2. The SMILES string of the molecule is CC1(C)CCC[C@]2(C)[C@@H]1CCC1=C[C@](C)(C(O)CO)CC[C@@H]12. The van der Waals surface area contributed by atoms with E-state index in [1.807, 2.05) is 0 Å². The molecule has 2 N–H and O–H groups in total. The predicted octanol–water partition coefficient (Wildman–Crippen LogP) is 4.31. The number of rotatable bonds is 2. The molecule has 126 valence electrons. The summed E-state index contributed by atoms with van der Waals surface area (Å²) in [5, 5.41) is 19.6. The molecule has 22 heavy (non-hydrogen) atoms. The Hall–Kier alpha value is -0.340. The summed E-state index contributed by atoms with van der Waals surface area (Å²) >= 11 is 0. The smallest absolute Gasteiger partial charge is 0.0858 e. The van der Waals surface area contributed by atoms with Crippen LogP contribution in [-0.2, 0) is 0 Å². The second-order valence-corrected chi connectivity index (χ2v) is 9.45. The van der Waals surface area contributed by atoms with Crippen molar-refractivity contribution in [3.05, 3.63) is 11.6 Å². The quantitative estimate of drug-likeness (QED) is 0.746. The molecule has 0 aromatic carbocycles. The van der Waals surface area contributed by atoms with Crippen LogP contribution in [0.5, 0.6) is 0 Å². The van der Waals surface area contributed by atoms with Gasteiger partial charge in [-0.3, -0.25) is 0 Å². The van der Waals surface area contributed by atoms with Crippen molar-refractivity contribution in [3.63, 3.8) is 0 Å². The van der Waals surface area contributed by atoms with E-state index in [2.05, 4.69) is 33.8 Å². The molecule has 0 saturated heterocycles. The maximum atomic E-state index is 10.2. The van der Waals surface area contributed by atoms with Crippen LogP contribution in [0, 0.1) is 28.1 Å². The third-order valence-electron chi connectivity index (χ3n) is 7.66. The van der Waals surface area contributed by atoms with Gasteiger partial charge in [0.15, 0.2) is 0 Å². The van der Waals surface area contributed by atoms with E-state index in [9.17, 15) is 10.2 Å². The summed E-state index contributed by atoms with van der Waals surface area (Å²) < 4.78 is 0. The second-order valence-electron chi connectivity index (χ2n) is 9.45. The van der Waals surface area contributed by atoms with E-state index in [1.165, 1.54) is 38.5 Å². The van der Waals surface area contributed by atoms with Gasteiger partial charge in [0.05, 0.1) is 12.7 Å². The minimum Gasteiger partial charge on any atom is -0.394 e. The van der Waals surface area contributed by atoms with Crippen LogP contribution in [-0.4, -0.2) is 22.9 Å². The van der Waals surface area contributed by atoms with Gasteiger partial charge in [-0.05, 0) is 61.2 Å². The van der Waals surface area contributed by atoms with Crippen LogP contribution >= 0.6 is 0 Å². The number of allylic oxidation sites excluding steroid dienone is 1. The number of hydrogen-bond acceptors (Lipinski definition) is 2. The normalized spacial score (nSPS) is 45.5. The summed E-state index contributed by atoms with van der Waals surface area (Å²) in [7, 11) is 0. The first-order valence-corrected chi connectivity index (χ1v) is 9.23. The Morgan fingerprint density at radius 3 is 2.55 bits per heavy atom. The molecule has 2 fully saturated rings. The molecule has 0 heterocycles. The van der Waals surface area contributed by atoms with E-state index in [0.717, 1.165) is 12.3 Å². The molecule has 0 bridgehead atoms. The van der Waals surface area contributed by atoms with Crippen LogP contribution in [0.15, 0.2) is 11.6 Å². The van der Waals surface area contributed by atoms with Gasteiger partial charge < -0.3 is 10.2 Å². The van der Waals surface area contributed by atoms with Crippen molar-refractivity contribution in [1.82, 2.24) is 0 Å². The first kappa shape index (κ1) is 16.5. The molecule has 2 saturated carbocycles. The lowest BCUT2D eigenvalue weighted by molar-refractivity contribution is -0.0673. The summed E-state index contributed by atoms with van der Waals surface area (Å²) in [4.78, 5) is 0. The van der Waals surface area contributed by atoms with Crippen LogP contribution in [0.2, 0.25) is 0 Å². The number of aliphatic hydroxyl groups excluding tert-OH is 2. The molecule has 3 rings (SSSR count). The Morgan fingerprint density at radius 2 is 1.86 bits per heavy atom. The van der Waals surface area contributed by atoms with Crippen LogP contribution in [0.1, 0.15) is 72.6 Å². The van der Waals surface area contributed by atoms with Gasteiger partial charge >= 0.3 is 0 Å². The van der Waals surface area contributed by atoms with E-state index in [0.29, 0.717) is 16.7 Å². The average molecular weight is 306 g/mol. The molecule has 5 atom stereocenters. The third kappa shape index (κ3) is 2.38. The number of fused-ring (bicyclic) bond motifs is 3. The zero-order valence-electron chi connectivity index (χ0n) is 14.9. The van der Waals surface area contributed by atoms with E-state index < -0.39 is 6.10 Å². The lowest BCUT2D eigenvalue weighted by atomic mass is 9.45. The van der Waals surface area contributed by atoms with Gasteiger partial charge in [0.2, 0.25) is 0 Å². The molecule has 2 heteroatoms. The van der Waals surface area contributed by atoms with Crippen LogP contribution in [0.3, 0.4) is 0 Å². The Morgan fingerprint density at radius 1 is 1.14 bits per heavy atom. The lowest BCUT2D eigenvalue weighted by Crippen LogP contribution is -2.51. The number of hydrogen-bond donors (Lipinski definition) is 2. The predicted molar refractivity (Wildman–Crippen MR) is 90.5 cm³/mol. The van der Waals surface area contributed by atoms with Crippen molar-refractivity contribution in [3.8, 4) is 0 Å². The molecule has 3 aliphatic carbocycles. The monoisotopic (exact) mass is 306 g/mol. The fraction of sp³-hybridized carbons (Fsp3) is 0.900. The largest absolute Gasteiger partial charge is 0.394 e. The van der Waals surface area contributed by atoms with Gasteiger partial charge in [0, 0.05) is 5.41 Å². The Bertz CT molecular complexity index is 466. The van der Waals surface area contributed by atoms with Crippen molar-refractivity contribution >= 4 is 0 Å². The van der Waals surface area contributed by atoms with Crippen LogP contribution in [0.4, 0.5) is 0 Å². The van der Waals surface area contributed by atoms with Gasteiger partial charge in [-0.15, -0.1) is 0 Å². The molecule has 0 aliphatic heterocycles. The summed E-state index contributed by atoms with van der Waals surface area (Å²) in [6, 6.07) is 0. The van der Waals surface area contributed by atoms with Crippen molar-refractivity contribution < 1.29 is 10.2 Å². The first-order chi connectivity index (χ1) is 10.2. The maximum absolute atomic E-state index is 10.2. The van der Waals surface area contributed by atoms with E-state index in [1.54, 1.807) is 5.57 Å². The Labute approximate surface area is 136 Å². The molecule has 0 spiro atoms. The van der Waals surface area contributed by atoms with Gasteiger partial charge in [0.1, 0.15) is 0 Å². The van der Waals surface area contributed by atoms with Gasteiger partial charge in [0.25, 0.3) is 0 Å². The molecule has 1 unspecified atom stereocenters. The lowest BCUT2D eigenvalue weighted by Gasteiger charge is -2.60. The Kier molecular flexibility index (Phi) is 4.01. The zero-order valence-corrected chi connectivity index (χ0v) is 14.9. The highest BCUT2D eigenvalue weighted by molar-refractivity contribution is 5.24. The van der Waals surface area contributed by atoms with Crippen molar-refractivity contribution in [2.24, 2.45) is 28.1 Å². The zero-order chi connectivity index (χ0) is 16.2. The third-order valence-corrected chi connectivity index (χ3v) is 7.66. The molecule has 0 aromatic heterocycles. The molecule has 3 aliphatic rings. The average Bonchev–Trinajstić information content (AvgIpc) is 2.45. The molecule has 0 aromatic rings. The van der Waals surface area contributed by atoms with Crippen LogP contribution in [0.25, 0.3) is 0 Å². The van der Waals surface area contributed by atoms with Gasteiger partial charge in [-0.1, -0.05) is 45.8 Å². The van der Waals surface area contributed by atoms with Crippen molar-refractivity contribution in [2.75, 3.05) is 6.61 Å². The minimum atomic E-state index is -0.616. The molecule has 0 radical (unpaired) electrons. The summed E-state index contributed by atoms with van der Waals surface area (Å²) in [6.07, 6.45) is 10.5. The topological polar surface area (TPSA) is 40.5 Å². The van der Waals surface area contributed by atoms with Crippen molar-refractivity contribution in [1.29, 1.82) is 0 Å². The Balaban J connectivity index is 1.92. The highest BCUT2D eigenvalue weighted by atomic mass is 16.3. The summed E-state index contributed by atoms with van der Waals surface area (Å²) in [6.45, 7) is 9.49. The summed E-state index contributed by atoms with van der Waals surface area (Å²) in [5.41, 5.74) is 2.27. The highest BCUT2D eigenvalue weighted by Gasteiger charge is 2.54. The molecule has 0 amide bonds. The maximum Gasteiger partial charge on any atom is 0.0858 e. The minimum absolute atomic E-state index is 0.127. The molecule has 2 nitrogen and oxygen atoms in total.